The van der Waals surface area contributed by atoms with Crippen molar-refractivity contribution in [3.05, 3.63) is 29.8 Å². The zero-order valence-electron chi connectivity index (χ0n) is 11.5. The highest BCUT2D eigenvalue weighted by Gasteiger charge is 2.27. The van der Waals surface area contributed by atoms with E-state index in [1.165, 1.54) is 12.8 Å². The number of aromatic amines is 1. The summed E-state index contributed by atoms with van der Waals surface area (Å²) in [4.78, 5) is 5.64. The van der Waals surface area contributed by atoms with E-state index < -0.39 is 0 Å². The molecule has 20 heavy (non-hydrogen) atoms. The van der Waals surface area contributed by atoms with E-state index in [1.54, 1.807) is 26.0 Å². The first-order chi connectivity index (χ1) is 9.80. The van der Waals surface area contributed by atoms with Crippen LogP contribution in [0, 0.1) is 0 Å². The summed E-state index contributed by atoms with van der Waals surface area (Å²) in [5.41, 5.74) is 0. The fourth-order valence-electron chi connectivity index (χ4n) is 1.96. The smallest absolute Gasteiger partial charge is 0.161 e. The van der Waals surface area contributed by atoms with Gasteiger partial charge in [0.05, 0.1) is 20.0 Å². The largest absolute Gasteiger partial charge is 0.493 e. The number of nitrogens with zero attached hydrogens (tertiary/aromatic N) is 2. The molecule has 0 amide bonds. The zero-order chi connectivity index (χ0) is 13.9. The van der Waals surface area contributed by atoms with Crippen LogP contribution in [-0.2, 0) is 5.75 Å². The number of H-pyrrole nitrogens is 1. The molecule has 6 heteroatoms. The topological polar surface area (TPSA) is 60.0 Å². The van der Waals surface area contributed by atoms with Gasteiger partial charge in [-0.05, 0) is 31.0 Å². The molecular weight excluding hydrogens is 274 g/mol. The molecule has 1 N–H and O–H groups in total. The number of ether oxygens (including phenoxy) is 2. The van der Waals surface area contributed by atoms with E-state index in [0.29, 0.717) is 5.92 Å². The fraction of sp³-hybridized carbons (Fsp3) is 0.429. The van der Waals surface area contributed by atoms with Gasteiger partial charge in [-0.3, -0.25) is 5.10 Å². The van der Waals surface area contributed by atoms with E-state index in [1.807, 2.05) is 18.2 Å². The molecule has 5 nitrogen and oxygen atoms in total. The van der Waals surface area contributed by atoms with Gasteiger partial charge >= 0.3 is 0 Å². The van der Waals surface area contributed by atoms with Gasteiger partial charge in [0.15, 0.2) is 17.3 Å². The molecule has 0 bridgehead atoms. The Kier molecular flexibility index (Phi) is 3.82. The SMILES string of the molecule is COc1ccc(SCc2nc(C3CC3)n[nH]2)cc1OC. The third kappa shape index (κ3) is 2.90. The lowest BCUT2D eigenvalue weighted by molar-refractivity contribution is 0.354. The van der Waals surface area contributed by atoms with Gasteiger partial charge < -0.3 is 9.47 Å². The van der Waals surface area contributed by atoms with Crippen molar-refractivity contribution in [2.45, 2.75) is 29.4 Å². The molecule has 0 saturated heterocycles. The molecule has 1 aliphatic rings. The van der Waals surface area contributed by atoms with Crippen LogP contribution < -0.4 is 9.47 Å². The Morgan fingerprint density at radius 2 is 2.05 bits per heavy atom. The van der Waals surface area contributed by atoms with E-state index in [9.17, 15) is 0 Å². The number of aromatic nitrogens is 3. The predicted octanol–water partition coefficient (Wildman–Crippen LogP) is 2.99. The van der Waals surface area contributed by atoms with Gasteiger partial charge in [-0.2, -0.15) is 5.10 Å². The molecule has 0 atom stereocenters. The zero-order valence-corrected chi connectivity index (χ0v) is 12.4. The summed E-state index contributed by atoms with van der Waals surface area (Å²) >= 11 is 1.70. The molecule has 0 radical (unpaired) electrons. The molecule has 0 spiro atoms. The van der Waals surface area contributed by atoms with Crippen LogP contribution in [0.25, 0.3) is 0 Å². The molecule has 1 saturated carbocycles. The maximum atomic E-state index is 5.30. The fourth-order valence-corrected chi connectivity index (χ4v) is 2.74. The highest BCUT2D eigenvalue weighted by Crippen LogP contribution is 2.38. The van der Waals surface area contributed by atoms with Crippen LogP contribution in [0.5, 0.6) is 11.5 Å². The van der Waals surface area contributed by atoms with Crippen molar-refractivity contribution in [1.82, 2.24) is 15.2 Å². The summed E-state index contributed by atoms with van der Waals surface area (Å²) in [6.45, 7) is 0. The lowest BCUT2D eigenvalue weighted by atomic mass is 10.3. The van der Waals surface area contributed by atoms with Crippen molar-refractivity contribution in [2.24, 2.45) is 0 Å². The molecular formula is C14H17N3O2S. The van der Waals surface area contributed by atoms with E-state index >= 15 is 0 Å². The summed E-state index contributed by atoms with van der Waals surface area (Å²) in [7, 11) is 3.28. The van der Waals surface area contributed by atoms with E-state index in [0.717, 1.165) is 33.8 Å². The second-order valence-corrected chi connectivity index (χ2v) is 5.77. The first-order valence-electron chi connectivity index (χ1n) is 6.56. The second kappa shape index (κ2) is 5.75. The van der Waals surface area contributed by atoms with Crippen LogP contribution in [0.2, 0.25) is 0 Å². The highest BCUT2D eigenvalue weighted by molar-refractivity contribution is 7.98. The van der Waals surface area contributed by atoms with Crippen molar-refractivity contribution < 1.29 is 9.47 Å². The Labute approximate surface area is 122 Å². The molecule has 3 rings (SSSR count). The van der Waals surface area contributed by atoms with Gasteiger partial charge in [-0.25, -0.2) is 4.98 Å². The monoisotopic (exact) mass is 291 g/mol. The molecule has 1 aliphatic carbocycles. The number of hydrogen-bond acceptors (Lipinski definition) is 5. The van der Waals surface area contributed by atoms with Crippen LogP contribution >= 0.6 is 11.8 Å². The van der Waals surface area contributed by atoms with Crippen molar-refractivity contribution in [3.8, 4) is 11.5 Å². The Bertz CT molecular complexity index is 596. The third-order valence-electron chi connectivity index (χ3n) is 3.22. The summed E-state index contributed by atoms with van der Waals surface area (Å²) in [6, 6.07) is 5.91. The van der Waals surface area contributed by atoms with Crippen LogP contribution in [0.1, 0.15) is 30.4 Å². The predicted molar refractivity (Wildman–Crippen MR) is 77.5 cm³/mol. The normalized spacial score (nSPS) is 14.3. The first-order valence-corrected chi connectivity index (χ1v) is 7.54. The summed E-state index contributed by atoms with van der Waals surface area (Å²) in [6.07, 6.45) is 2.44. The Morgan fingerprint density at radius 1 is 1.25 bits per heavy atom. The molecule has 2 aromatic rings. The number of hydrogen-bond donors (Lipinski definition) is 1. The van der Waals surface area contributed by atoms with Crippen molar-refractivity contribution >= 4 is 11.8 Å². The molecule has 0 aliphatic heterocycles. The highest BCUT2D eigenvalue weighted by atomic mass is 32.2. The average Bonchev–Trinajstić information content (AvgIpc) is 3.23. The number of rotatable bonds is 6. The maximum Gasteiger partial charge on any atom is 0.161 e. The standard InChI is InChI=1S/C14H17N3O2S/c1-18-11-6-5-10(7-12(11)19-2)20-8-13-15-14(17-16-13)9-3-4-9/h5-7,9H,3-4,8H2,1-2H3,(H,15,16,17). The quantitative estimate of drug-likeness (QED) is 0.829. The van der Waals surface area contributed by atoms with E-state index in [2.05, 4.69) is 15.2 Å². The van der Waals surface area contributed by atoms with Crippen LogP contribution in [0.3, 0.4) is 0 Å². The van der Waals surface area contributed by atoms with Gasteiger partial charge in [-0.1, -0.05) is 0 Å². The third-order valence-corrected chi connectivity index (χ3v) is 4.23. The van der Waals surface area contributed by atoms with Gasteiger partial charge in [0.1, 0.15) is 5.82 Å². The average molecular weight is 291 g/mol. The lowest BCUT2D eigenvalue weighted by Crippen LogP contribution is -1.91. The number of methoxy groups -OCH3 is 2. The van der Waals surface area contributed by atoms with E-state index in [-0.39, 0.29) is 0 Å². The van der Waals surface area contributed by atoms with E-state index in [4.69, 9.17) is 9.47 Å². The van der Waals surface area contributed by atoms with Crippen molar-refractivity contribution in [1.29, 1.82) is 0 Å². The Balaban J connectivity index is 1.64. The van der Waals surface area contributed by atoms with Crippen LogP contribution in [-0.4, -0.2) is 29.4 Å². The summed E-state index contributed by atoms with van der Waals surface area (Å²) in [5, 5.41) is 7.27. The van der Waals surface area contributed by atoms with Crippen LogP contribution in [0.4, 0.5) is 0 Å². The molecule has 1 fully saturated rings. The van der Waals surface area contributed by atoms with Crippen LogP contribution in [0.15, 0.2) is 23.1 Å². The lowest BCUT2D eigenvalue weighted by Gasteiger charge is -2.08. The summed E-state index contributed by atoms with van der Waals surface area (Å²) in [5.74, 6) is 4.74. The molecule has 1 aromatic carbocycles. The van der Waals surface area contributed by atoms with Gasteiger partial charge in [0, 0.05) is 10.8 Å². The minimum Gasteiger partial charge on any atom is -0.493 e. The molecule has 1 heterocycles. The first kappa shape index (κ1) is 13.3. The Hall–Kier alpha value is -1.69. The number of nitrogens with one attached hydrogen (secondary N) is 1. The Morgan fingerprint density at radius 3 is 2.75 bits per heavy atom. The molecule has 1 aromatic heterocycles. The second-order valence-electron chi connectivity index (χ2n) is 4.72. The van der Waals surface area contributed by atoms with Gasteiger partial charge in [0.25, 0.3) is 0 Å². The minimum absolute atomic E-state index is 0.589. The molecule has 0 unspecified atom stereocenters. The number of benzene rings is 1. The number of thioether (sulfide) groups is 1. The molecule has 106 valence electrons. The van der Waals surface area contributed by atoms with Crippen molar-refractivity contribution in [3.63, 3.8) is 0 Å². The summed E-state index contributed by atoms with van der Waals surface area (Å²) < 4.78 is 10.5. The van der Waals surface area contributed by atoms with Gasteiger partial charge in [0.2, 0.25) is 0 Å². The van der Waals surface area contributed by atoms with Crippen molar-refractivity contribution in [2.75, 3.05) is 14.2 Å². The maximum absolute atomic E-state index is 5.30. The van der Waals surface area contributed by atoms with Gasteiger partial charge in [-0.15, -0.1) is 11.8 Å². The minimum atomic E-state index is 0.589.